The van der Waals surface area contributed by atoms with Gasteiger partial charge in [0, 0.05) is 19.3 Å². The van der Waals surface area contributed by atoms with Crippen LogP contribution < -0.4 is 5.32 Å². The summed E-state index contributed by atoms with van der Waals surface area (Å²) in [5, 5.41) is 14.0. The van der Waals surface area contributed by atoms with Crippen LogP contribution >= 0.6 is 30.6 Å². The van der Waals surface area contributed by atoms with Crippen LogP contribution in [0.1, 0.15) is 11.1 Å². The first-order valence-corrected chi connectivity index (χ1v) is 10.3. The van der Waals surface area contributed by atoms with E-state index in [1.54, 1.807) is 24.3 Å². The van der Waals surface area contributed by atoms with Gasteiger partial charge in [-0.15, -0.1) is 0 Å². The standard InChI is InChI=1S/C17H20Cl2NO3P/c18-16-7-6-14(8-17(16)19)9-20-10-15(21)12-24(22,23)11-13-4-2-1-3-5-13/h1-8,15,20-21H,9-12H2,(H,22,23). The van der Waals surface area contributed by atoms with Gasteiger partial charge in [0.15, 0.2) is 0 Å². The molecule has 0 saturated carbocycles. The molecule has 7 heteroatoms. The van der Waals surface area contributed by atoms with Gasteiger partial charge in [-0.1, -0.05) is 59.6 Å². The second-order valence-electron chi connectivity index (χ2n) is 5.71. The van der Waals surface area contributed by atoms with Crippen LogP contribution in [0.25, 0.3) is 0 Å². The molecule has 0 amide bonds. The molecule has 4 nitrogen and oxygen atoms in total. The highest BCUT2D eigenvalue weighted by Crippen LogP contribution is 2.44. The third-order valence-electron chi connectivity index (χ3n) is 3.46. The van der Waals surface area contributed by atoms with Crippen molar-refractivity contribution in [1.82, 2.24) is 5.32 Å². The molecule has 0 aromatic heterocycles. The van der Waals surface area contributed by atoms with Crippen LogP contribution in [0.5, 0.6) is 0 Å². The lowest BCUT2D eigenvalue weighted by Gasteiger charge is -2.17. The normalized spacial score (nSPS) is 15.0. The Kier molecular flexibility index (Phi) is 7.30. The van der Waals surface area contributed by atoms with Crippen LogP contribution in [-0.4, -0.2) is 28.8 Å². The Morgan fingerprint density at radius 3 is 2.42 bits per heavy atom. The fourth-order valence-corrected chi connectivity index (χ4v) is 4.38. The molecule has 0 aliphatic heterocycles. The summed E-state index contributed by atoms with van der Waals surface area (Å²) in [5.41, 5.74) is 1.72. The summed E-state index contributed by atoms with van der Waals surface area (Å²) in [5.74, 6) is 0. The number of hydrogen-bond donors (Lipinski definition) is 3. The minimum Gasteiger partial charge on any atom is -0.391 e. The van der Waals surface area contributed by atoms with Crippen molar-refractivity contribution in [3.63, 3.8) is 0 Å². The molecular weight excluding hydrogens is 368 g/mol. The van der Waals surface area contributed by atoms with Crippen molar-refractivity contribution in [2.75, 3.05) is 12.7 Å². The lowest BCUT2D eigenvalue weighted by Crippen LogP contribution is -2.29. The summed E-state index contributed by atoms with van der Waals surface area (Å²) in [4.78, 5) is 10.1. The van der Waals surface area contributed by atoms with Crippen LogP contribution in [0, 0.1) is 0 Å². The summed E-state index contributed by atoms with van der Waals surface area (Å²) in [7, 11) is -3.43. The Bertz CT molecular complexity index is 712. The molecule has 2 rings (SSSR count). The van der Waals surface area contributed by atoms with E-state index >= 15 is 0 Å². The maximum atomic E-state index is 12.2. The van der Waals surface area contributed by atoms with E-state index in [-0.39, 0.29) is 18.9 Å². The lowest BCUT2D eigenvalue weighted by molar-refractivity contribution is 0.190. The van der Waals surface area contributed by atoms with E-state index in [4.69, 9.17) is 23.2 Å². The zero-order valence-electron chi connectivity index (χ0n) is 13.0. The number of benzene rings is 2. The van der Waals surface area contributed by atoms with E-state index in [1.165, 1.54) is 0 Å². The van der Waals surface area contributed by atoms with E-state index in [0.717, 1.165) is 11.1 Å². The molecule has 0 radical (unpaired) electrons. The Hall–Kier alpha value is -0.870. The summed E-state index contributed by atoms with van der Waals surface area (Å²) < 4.78 is 12.2. The van der Waals surface area contributed by atoms with Crippen molar-refractivity contribution in [1.29, 1.82) is 0 Å². The molecule has 0 heterocycles. The van der Waals surface area contributed by atoms with Crippen molar-refractivity contribution >= 4 is 30.6 Å². The van der Waals surface area contributed by atoms with Gasteiger partial charge in [0.1, 0.15) is 0 Å². The second-order valence-corrected chi connectivity index (χ2v) is 8.89. The van der Waals surface area contributed by atoms with E-state index in [9.17, 15) is 14.6 Å². The maximum Gasteiger partial charge on any atom is 0.207 e. The van der Waals surface area contributed by atoms with Crippen LogP contribution in [0.4, 0.5) is 0 Å². The summed E-state index contributed by atoms with van der Waals surface area (Å²) in [6.07, 6.45) is -0.971. The first-order valence-electron chi connectivity index (χ1n) is 7.53. The van der Waals surface area contributed by atoms with Gasteiger partial charge in [0.05, 0.1) is 22.3 Å². The number of nitrogens with one attached hydrogen (secondary N) is 1. The Labute approximate surface area is 151 Å². The van der Waals surface area contributed by atoms with Crippen molar-refractivity contribution in [2.24, 2.45) is 0 Å². The monoisotopic (exact) mass is 387 g/mol. The predicted octanol–water partition coefficient (Wildman–Crippen LogP) is 3.91. The van der Waals surface area contributed by atoms with Gasteiger partial charge in [-0.25, -0.2) is 0 Å². The van der Waals surface area contributed by atoms with Crippen LogP contribution in [0.15, 0.2) is 48.5 Å². The molecule has 3 N–H and O–H groups in total. The molecule has 2 unspecified atom stereocenters. The number of aliphatic hydroxyl groups excluding tert-OH is 1. The Morgan fingerprint density at radius 1 is 1.04 bits per heavy atom. The quantitative estimate of drug-likeness (QED) is 0.600. The van der Waals surface area contributed by atoms with Crippen molar-refractivity contribution in [3.8, 4) is 0 Å². The van der Waals surface area contributed by atoms with Crippen molar-refractivity contribution in [2.45, 2.75) is 18.8 Å². The zero-order valence-corrected chi connectivity index (χ0v) is 15.4. The number of aliphatic hydroxyl groups is 1. The van der Waals surface area contributed by atoms with E-state index in [2.05, 4.69) is 5.32 Å². The number of halogens is 2. The summed E-state index contributed by atoms with van der Waals surface area (Å²) in [6, 6.07) is 14.4. The largest absolute Gasteiger partial charge is 0.391 e. The van der Waals surface area contributed by atoms with Crippen LogP contribution in [0.3, 0.4) is 0 Å². The fourth-order valence-electron chi connectivity index (χ4n) is 2.36. The van der Waals surface area contributed by atoms with E-state index in [1.807, 2.05) is 24.3 Å². The highest BCUT2D eigenvalue weighted by Gasteiger charge is 2.23. The van der Waals surface area contributed by atoms with Gasteiger partial charge in [-0.3, -0.25) is 4.57 Å². The van der Waals surface area contributed by atoms with Gasteiger partial charge in [-0.2, -0.15) is 0 Å². The number of rotatable bonds is 8. The van der Waals surface area contributed by atoms with Gasteiger partial charge < -0.3 is 15.3 Å². The molecule has 130 valence electrons. The van der Waals surface area contributed by atoms with E-state index in [0.29, 0.717) is 16.6 Å². The summed E-state index contributed by atoms with van der Waals surface area (Å²) >= 11 is 11.8. The molecule has 24 heavy (non-hydrogen) atoms. The van der Waals surface area contributed by atoms with Crippen molar-refractivity contribution < 1.29 is 14.6 Å². The molecule has 2 aromatic rings. The third-order valence-corrected chi connectivity index (χ3v) is 6.05. The highest BCUT2D eigenvalue weighted by atomic mass is 35.5. The average Bonchev–Trinajstić information content (AvgIpc) is 2.50. The fraction of sp³-hybridized carbons (Fsp3) is 0.294. The zero-order chi connectivity index (χ0) is 17.6. The molecule has 0 aliphatic carbocycles. The second kappa shape index (κ2) is 9.00. The molecular formula is C17H20Cl2NO3P. The van der Waals surface area contributed by atoms with Crippen molar-refractivity contribution in [3.05, 3.63) is 69.7 Å². The smallest absolute Gasteiger partial charge is 0.207 e. The highest BCUT2D eigenvalue weighted by molar-refractivity contribution is 7.57. The Morgan fingerprint density at radius 2 is 1.75 bits per heavy atom. The lowest BCUT2D eigenvalue weighted by atomic mass is 10.2. The molecule has 0 fully saturated rings. The van der Waals surface area contributed by atoms with Crippen LogP contribution in [-0.2, 0) is 17.3 Å². The maximum absolute atomic E-state index is 12.2. The van der Waals surface area contributed by atoms with E-state index < -0.39 is 13.5 Å². The molecule has 0 spiro atoms. The molecule has 0 bridgehead atoms. The minimum absolute atomic E-state index is 0.0672. The number of hydrogen-bond acceptors (Lipinski definition) is 3. The SMILES string of the molecule is O=P(O)(Cc1ccccc1)CC(O)CNCc1ccc(Cl)c(Cl)c1. The Balaban J connectivity index is 1.78. The molecule has 0 aliphatic rings. The third kappa shape index (κ3) is 6.56. The first-order chi connectivity index (χ1) is 11.4. The van der Waals surface area contributed by atoms with Gasteiger partial charge >= 0.3 is 0 Å². The van der Waals surface area contributed by atoms with Gasteiger partial charge in [-0.05, 0) is 23.3 Å². The molecule has 2 atom stereocenters. The summed E-state index contributed by atoms with van der Waals surface area (Å²) in [6.45, 7) is 0.710. The van der Waals surface area contributed by atoms with Gasteiger partial charge in [0.25, 0.3) is 0 Å². The van der Waals surface area contributed by atoms with Gasteiger partial charge in [0.2, 0.25) is 7.37 Å². The topological polar surface area (TPSA) is 69.6 Å². The van der Waals surface area contributed by atoms with Crippen LogP contribution in [0.2, 0.25) is 10.0 Å². The first kappa shape index (κ1) is 19.5. The molecule has 0 saturated heterocycles. The predicted molar refractivity (Wildman–Crippen MR) is 99.0 cm³/mol. The average molecular weight is 388 g/mol. The molecule has 2 aromatic carbocycles. The minimum atomic E-state index is -3.43.